The minimum atomic E-state index is -0.162. The number of carbonyl (C=O) groups is 1. The van der Waals surface area contributed by atoms with Crippen LogP contribution in [0.25, 0.3) is 33.9 Å². The van der Waals surface area contributed by atoms with Crippen molar-refractivity contribution in [2.45, 2.75) is 19.9 Å². The summed E-state index contributed by atoms with van der Waals surface area (Å²) in [7, 11) is 0. The van der Waals surface area contributed by atoms with Crippen LogP contribution in [0.4, 0.5) is 5.69 Å². The normalized spacial score (nSPS) is 11.0. The first kappa shape index (κ1) is 19.6. The average molecular weight is 424 g/mol. The SMILES string of the molecule is CCCn1nnc2cc(-c3noc(-c4ccc(NC(=O)c5ccccc5)cc4)n3)ccc21. The molecule has 0 fully saturated rings. The summed E-state index contributed by atoms with van der Waals surface area (Å²) in [6.07, 6.45) is 0.989. The van der Waals surface area contributed by atoms with Crippen LogP contribution in [0, 0.1) is 0 Å². The molecule has 5 rings (SSSR count). The molecular formula is C24H20N6O2. The van der Waals surface area contributed by atoms with Crippen LogP contribution < -0.4 is 5.32 Å². The number of benzene rings is 3. The van der Waals surface area contributed by atoms with Gasteiger partial charge in [0.1, 0.15) is 5.52 Å². The number of anilines is 1. The van der Waals surface area contributed by atoms with Crippen molar-refractivity contribution >= 4 is 22.6 Å². The lowest BCUT2D eigenvalue weighted by atomic mass is 10.1. The molecule has 0 saturated carbocycles. The minimum Gasteiger partial charge on any atom is -0.334 e. The maximum absolute atomic E-state index is 12.3. The third-order valence-corrected chi connectivity index (χ3v) is 5.06. The summed E-state index contributed by atoms with van der Waals surface area (Å²) in [6.45, 7) is 2.93. The third-order valence-electron chi connectivity index (χ3n) is 5.06. The summed E-state index contributed by atoms with van der Waals surface area (Å²) < 4.78 is 7.35. The van der Waals surface area contributed by atoms with Crippen molar-refractivity contribution in [1.82, 2.24) is 25.1 Å². The molecule has 8 heteroatoms. The van der Waals surface area contributed by atoms with Crippen LogP contribution in [0.1, 0.15) is 23.7 Å². The fourth-order valence-electron chi connectivity index (χ4n) is 3.44. The molecule has 0 aliphatic rings. The fraction of sp³-hybridized carbons (Fsp3) is 0.125. The van der Waals surface area contributed by atoms with Crippen molar-refractivity contribution < 1.29 is 9.32 Å². The molecule has 1 amide bonds. The van der Waals surface area contributed by atoms with Gasteiger partial charge in [-0.1, -0.05) is 35.5 Å². The van der Waals surface area contributed by atoms with E-state index in [1.807, 2.05) is 53.2 Å². The molecular weight excluding hydrogens is 404 g/mol. The molecule has 5 aromatic rings. The van der Waals surface area contributed by atoms with Crippen molar-refractivity contribution in [3.05, 3.63) is 78.4 Å². The first-order valence-corrected chi connectivity index (χ1v) is 10.4. The molecule has 158 valence electrons. The number of hydrogen-bond donors (Lipinski definition) is 1. The summed E-state index contributed by atoms with van der Waals surface area (Å²) in [6, 6.07) is 22.2. The molecule has 0 atom stereocenters. The Balaban J connectivity index is 1.33. The minimum absolute atomic E-state index is 0.162. The van der Waals surface area contributed by atoms with E-state index in [2.05, 4.69) is 32.7 Å². The van der Waals surface area contributed by atoms with Crippen LogP contribution in [-0.4, -0.2) is 31.0 Å². The average Bonchev–Trinajstić information content (AvgIpc) is 3.48. The number of fused-ring (bicyclic) bond motifs is 1. The monoisotopic (exact) mass is 424 g/mol. The molecule has 0 spiro atoms. The number of aromatic nitrogens is 5. The molecule has 3 aromatic carbocycles. The molecule has 0 aliphatic heterocycles. The van der Waals surface area contributed by atoms with E-state index in [0.717, 1.165) is 35.1 Å². The number of hydrogen-bond acceptors (Lipinski definition) is 6. The molecule has 2 aromatic heterocycles. The first-order chi connectivity index (χ1) is 15.7. The zero-order valence-corrected chi connectivity index (χ0v) is 17.4. The highest BCUT2D eigenvalue weighted by Crippen LogP contribution is 2.25. The predicted octanol–water partition coefficient (Wildman–Crippen LogP) is 4.81. The van der Waals surface area contributed by atoms with Gasteiger partial charge in [-0.25, -0.2) is 4.68 Å². The Morgan fingerprint density at radius 1 is 1.00 bits per heavy atom. The highest BCUT2D eigenvalue weighted by atomic mass is 16.5. The van der Waals surface area contributed by atoms with Gasteiger partial charge < -0.3 is 9.84 Å². The number of nitrogens with one attached hydrogen (secondary N) is 1. The molecule has 1 N–H and O–H groups in total. The summed E-state index contributed by atoms with van der Waals surface area (Å²) in [5.41, 5.74) is 4.63. The van der Waals surface area contributed by atoms with Gasteiger partial charge in [-0.2, -0.15) is 4.98 Å². The summed E-state index contributed by atoms with van der Waals surface area (Å²) in [4.78, 5) is 16.8. The van der Waals surface area contributed by atoms with Gasteiger partial charge in [0.05, 0.1) is 5.52 Å². The van der Waals surface area contributed by atoms with Crippen LogP contribution >= 0.6 is 0 Å². The first-order valence-electron chi connectivity index (χ1n) is 10.4. The van der Waals surface area contributed by atoms with Crippen molar-refractivity contribution in [2.75, 3.05) is 5.32 Å². The molecule has 0 saturated heterocycles. The lowest BCUT2D eigenvalue weighted by Crippen LogP contribution is -2.11. The standard InChI is InChI=1S/C24H20N6O2/c1-2-14-30-21-13-10-18(15-20(21)27-29-30)22-26-24(32-28-22)17-8-11-19(12-9-17)25-23(31)16-6-4-3-5-7-16/h3-13,15H,2,14H2,1H3,(H,25,31). The highest BCUT2D eigenvalue weighted by Gasteiger charge is 2.13. The van der Waals surface area contributed by atoms with Crippen LogP contribution in [0.5, 0.6) is 0 Å². The Morgan fingerprint density at radius 2 is 1.78 bits per heavy atom. The molecule has 0 radical (unpaired) electrons. The van der Waals surface area contributed by atoms with E-state index in [0.29, 0.717) is 23.0 Å². The Kier molecular flexibility index (Phi) is 5.17. The van der Waals surface area contributed by atoms with Gasteiger partial charge in [0.25, 0.3) is 11.8 Å². The van der Waals surface area contributed by atoms with Crippen LogP contribution in [-0.2, 0) is 6.54 Å². The molecule has 2 heterocycles. The van der Waals surface area contributed by atoms with Crippen LogP contribution in [0.2, 0.25) is 0 Å². The second kappa shape index (κ2) is 8.43. The van der Waals surface area contributed by atoms with Gasteiger partial charge in [0.2, 0.25) is 5.82 Å². The van der Waals surface area contributed by atoms with Gasteiger partial charge in [0, 0.05) is 28.9 Å². The zero-order valence-electron chi connectivity index (χ0n) is 17.4. The Hall–Kier alpha value is -4.33. The number of nitrogens with zero attached hydrogens (tertiary/aromatic N) is 5. The molecule has 0 bridgehead atoms. The van der Waals surface area contributed by atoms with E-state index in [1.165, 1.54) is 0 Å². The number of carbonyl (C=O) groups excluding carboxylic acids is 1. The Labute approximate surface area is 183 Å². The highest BCUT2D eigenvalue weighted by molar-refractivity contribution is 6.04. The van der Waals surface area contributed by atoms with Gasteiger partial charge in [-0.05, 0) is 61.0 Å². The van der Waals surface area contributed by atoms with E-state index in [-0.39, 0.29) is 5.91 Å². The van der Waals surface area contributed by atoms with Crippen LogP contribution in [0.3, 0.4) is 0 Å². The summed E-state index contributed by atoms with van der Waals surface area (Å²) >= 11 is 0. The molecule has 0 unspecified atom stereocenters. The Morgan fingerprint density at radius 3 is 2.56 bits per heavy atom. The van der Waals surface area contributed by atoms with E-state index in [9.17, 15) is 4.79 Å². The van der Waals surface area contributed by atoms with Gasteiger partial charge >= 0.3 is 0 Å². The van der Waals surface area contributed by atoms with Crippen molar-refractivity contribution in [2.24, 2.45) is 0 Å². The second-order valence-corrected chi connectivity index (χ2v) is 7.34. The van der Waals surface area contributed by atoms with Crippen molar-refractivity contribution in [3.8, 4) is 22.8 Å². The fourth-order valence-corrected chi connectivity index (χ4v) is 3.44. The summed E-state index contributed by atoms with van der Waals surface area (Å²) in [5.74, 6) is 0.716. The van der Waals surface area contributed by atoms with E-state index < -0.39 is 0 Å². The number of amides is 1. The van der Waals surface area contributed by atoms with Crippen molar-refractivity contribution in [3.63, 3.8) is 0 Å². The van der Waals surface area contributed by atoms with Crippen LogP contribution in [0.15, 0.2) is 77.3 Å². The van der Waals surface area contributed by atoms with Gasteiger partial charge in [-0.3, -0.25) is 4.79 Å². The van der Waals surface area contributed by atoms with E-state index in [1.54, 1.807) is 24.3 Å². The predicted molar refractivity (Wildman–Crippen MR) is 121 cm³/mol. The molecule has 8 nitrogen and oxygen atoms in total. The summed E-state index contributed by atoms with van der Waals surface area (Å²) in [5, 5.41) is 15.4. The molecule has 0 aliphatic carbocycles. The Bertz CT molecular complexity index is 1370. The smallest absolute Gasteiger partial charge is 0.258 e. The quantitative estimate of drug-likeness (QED) is 0.420. The van der Waals surface area contributed by atoms with E-state index >= 15 is 0 Å². The molecule has 32 heavy (non-hydrogen) atoms. The largest absolute Gasteiger partial charge is 0.334 e. The maximum atomic E-state index is 12.3. The topological polar surface area (TPSA) is 98.7 Å². The zero-order chi connectivity index (χ0) is 21.9. The second-order valence-electron chi connectivity index (χ2n) is 7.34. The lowest BCUT2D eigenvalue weighted by Gasteiger charge is -2.05. The van der Waals surface area contributed by atoms with Gasteiger partial charge in [0.15, 0.2) is 0 Å². The van der Waals surface area contributed by atoms with Gasteiger partial charge in [-0.15, -0.1) is 5.10 Å². The van der Waals surface area contributed by atoms with Crippen molar-refractivity contribution in [1.29, 1.82) is 0 Å². The maximum Gasteiger partial charge on any atom is 0.258 e. The number of aryl methyl sites for hydroxylation is 1. The number of rotatable bonds is 6. The van der Waals surface area contributed by atoms with E-state index in [4.69, 9.17) is 4.52 Å². The lowest BCUT2D eigenvalue weighted by molar-refractivity contribution is 0.102. The third kappa shape index (κ3) is 3.85.